The third-order valence-electron chi connectivity index (χ3n) is 2.23. The van der Waals surface area contributed by atoms with Crippen LogP contribution in [-0.2, 0) is 4.57 Å². The van der Waals surface area contributed by atoms with Crippen LogP contribution in [0.15, 0.2) is 18.2 Å². The van der Waals surface area contributed by atoms with E-state index in [1.807, 2.05) is 0 Å². The molecule has 1 rings (SSSR count). The summed E-state index contributed by atoms with van der Waals surface area (Å²) in [5, 5.41) is 21.5. The van der Waals surface area contributed by atoms with Gasteiger partial charge in [0.15, 0.2) is 7.15 Å². The summed E-state index contributed by atoms with van der Waals surface area (Å²) in [5.74, 6) is 0. The Morgan fingerprint density at radius 1 is 1.29 bits per heavy atom. The minimum atomic E-state index is -2.57. The molecule has 2 atom stereocenters. The minimum absolute atomic E-state index is 0.0167. The van der Waals surface area contributed by atoms with Crippen molar-refractivity contribution in [2.24, 2.45) is 0 Å². The van der Waals surface area contributed by atoms with Gasteiger partial charge in [-0.25, -0.2) is 0 Å². The van der Waals surface area contributed by atoms with Crippen molar-refractivity contribution < 1.29 is 14.4 Å². The molecule has 0 radical (unpaired) electrons. The lowest BCUT2D eigenvalue weighted by atomic mass is 10.1. The maximum Gasteiger partial charge on any atom is 0.349 e. The van der Waals surface area contributed by atoms with E-state index in [-0.39, 0.29) is 5.56 Å². The highest BCUT2D eigenvalue weighted by molar-refractivity contribution is 7.74. The fourth-order valence-corrected chi connectivity index (χ4v) is 2.20. The highest BCUT2D eigenvalue weighted by Crippen LogP contribution is 2.48. The smallest absolute Gasteiger partial charge is 0.309 e. The Labute approximate surface area is 101 Å². The topological polar surface area (TPSA) is 103 Å². The van der Waals surface area contributed by atoms with Crippen LogP contribution >= 0.6 is 18.4 Å². The van der Waals surface area contributed by atoms with E-state index in [0.717, 1.165) is 6.07 Å². The number of nitro groups is 2. The van der Waals surface area contributed by atoms with Gasteiger partial charge in [-0.3, -0.25) is 20.2 Å². The molecule has 9 heteroatoms. The molecule has 0 heterocycles. The van der Waals surface area contributed by atoms with Crippen molar-refractivity contribution in [2.75, 3.05) is 0 Å². The fourth-order valence-electron chi connectivity index (χ4n) is 1.37. The van der Waals surface area contributed by atoms with Crippen molar-refractivity contribution in [3.05, 3.63) is 44.0 Å². The van der Waals surface area contributed by atoms with Crippen molar-refractivity contribution in [2.45, 2.75) is 12.6 Å². The predicted octanol–water partition coefficient (Wildman–Crippen LogP) is 3.28. The molecular formula is C8H8ClN2O5P. The lowest BCUT2D eigenvalue weighted by Crippen LogP contribution is -2.01. The van der Waals surface area contributed by atoms with E-state index in [2.05, 4.69) is 0 Å². The van der Waals surface area contributed by atoms with E-state index in [1.165, 1.54) is 19.1 Å². The molecule has 1 aromatic carbocycles. The third kappa shape index (κ3) is 2.81. The number of hydrogen-bond acceptors (Lipinski definition) is 5. The Kier molecular flexibility index (Phi) is 4.20. The van der Waals surface area contributed by atoms with Gasteiger partial charge in [-0.1, -0.05) is 30.3 Å². The third-order valence-corrected chi connectivity index (χ3v) is 4.21. The van der Waals surface area contributed by atoms with Crippen molar-refractivity contribution in [3.8, 4) is 0 Å². The van der Waals surface area contributed by atoms with Crippen LogP contribution in [-0.4, -0.2) is 9.85 Å². The monoisotopic (exact) mass is 278 g/mol. The zero-order chi connectivity index (χ0) is 13.2. The Morgan fingerprint density at radius 2 is 1.88 bits per heavy atom. The first-order chi connectivity index (χ1) is 7.86. The predicted molar refractivity (Wildman–Crippen MR) is 63.0 cm³/mol. The highest BCUT2D eigenvalue weighted by Gasteiger charge is 2.31. The summed E-state index contributed by atoms with van der Waals surface area (Å²) in [5.41, 5.74) is -2.05. The van der Waals surface area contributed by atoms with Gasteiger partial charge < -0.3 is 4.57 Å². The Bertz CT molecular complexity index is 507. The molecule has 17 heavy (non-hydrogen) atoms. The lowest BCUT2D eigenvalue weighted by Gasteiger charge is -2.07. The van der Waals surface area contributed by atoms with E-state index in [4.69, 9.17) is 11.2 Å². The normalized spacial score (nSPS) is 14.0. The summed E-state index contributed by atoms with van der Waals surface area (Å²) in [4.78, 5) is 19.8. The summed E-state index contributed by atoms with van der Waals surface area (Å²) >= 11 is 5.43. The first kappa shape index (κ1) is 13.6. The standard InChI is InChI=1S/C8H8ClN2O5P/c1-5(17(9)16)6-3-2-4-7(10(12)13)8(6)11(14)15/h2-5,17H,1H3. The molecule has 0 aliphatic heterocycles. The first-order valence-electron chi connectivity index (χ1n) is 4.47. The Morgan fingerprint density at radius 3 is 2.29 bits per heavy atom. The molecule has 0 saturated carbocycles. The lowest BCUT2D eigenvalue weighted by molar-refractivity contribution is -0.423. The molecule has 1 aromatic rings. The summed E-state index contributed by atoms with van der Waals surface area (Å²) in [6.07, 6.45) is 0. The molecule has 0 bridgehead atoms. The van der Waals surface area contributed by atoms with Crippen molar-refractivity contribution in [1.82, 2.24) is 0 Å². The largest absolute Gasteiger partial charge is 0.349 e. The number of nitro benzene ring substituents is 2. The molecule has 0 amide bonds. The van der Waals surface area contributed by atoms with Crippen LogP contribution < -0.4 is 0 Å². The molecule has 2 unspecified atom stereocenters. The second-order valence-corrected chi connectivity index (χ2v) is 5.85. The van der Waals surface area contributed by atoms with Crippen LogP contribution in [0.3, 0.4) is 0 Å². The van der Waals surface area contributed by atoms with Gasteiger partial charge in [-0.2, -0.15) is 0 Å². The van der Waals surface area contributed by atoms with Gasteiger partial charge >= 0.3 is 11.4 Å². The van der Waals surface area contributed by atoms with Gasteiger partial charge in [0.2, 0.25) is 0 Å². The van der Waals surface area contributed by atoms with Crippen LogP contribution in [0.25, 0.3) is 0 Å². The van der Waals surface area contributed by atoms with Gasteiger partial charge in [0.05, 0.1) is 15.5 Å². The van der Waals surface area contributed by atoms with Crippen LogP contribution in [0.2, 0.25) is 0 Å². The minimum Gasteiger partial charge on any atom is -0.309 e. The number of hydrogen-bond donors (Lipinski definition) is 0. The zero-order valence-electron chi connectivity index (χ0n) is 8.62. The van der Waals surface area contributed by atoms with E-state index in [0.29, 0.717) is 0 Å². The van der Waals surface area contributed by atoms with Crippen molar-refractivity contribution in [1.29, 1.82) is 0 Å². The highest BCUT2D eigenvalue weighted by atomic mass is 35.7. The summed E-state index contributed by atoms with van der Waals surface area (Å²) in [7, 11) is -2.57. The van der Waals surface area contributed by atoms with Crippen LogP contribution in [0.5, 0.6) is 0 Å². The molecule has 0 fully saturated rings. The molecule has 0 N–H and O–H groups in total. The average Bonchev–Trinajstić information content (AvgIpc) is 2.26. The number of nitrogens with zero attached hydrogens (tertiary/aromatic N) is 2. The first-order valence-corrected chi connectivity index (χ1v) is 6.97. The summed E-state index contributed by atoms with van der Waals surface area (Å²) in [6, 6.07) is 3.65. The van der Waals surface area contributed by atoms with E-state index < -0.39 is 34.0 Å². The molecule has 7 nitrogen and oxygen atoms in total. The molecular weight excluding hydrogens is 271 g/mol. The average molecular weight is 279 g/mol. The second-order valence-electron chi connectivity index (χ2n) is 3.25. The number of para-hydroxylation sites is 1. The fraction of sp³-hybridized carbons (Fsp3) is 0.250. The Balaban J connectivity index is 3.50. The maximum atomic E-state index is 11.2. The number of benzene rings is 1. The van der Waals surface area contributed by atoms with Gasteiger partial charge in [0.25, 0.3) is 0 Å². The van der Waals surface area contributed by atoms with Gasteiger partial charge in [-0.15, -0.1) is 0 Å². The zero-order valence-corrected chi connectivity index (χ0v) is 10.4. The van der Waals surface area contributed by atoms with Crippen LogP contribution in [0.1, 0.15) is 18.1 Å². The van der Waals surface area contributed by atoms with Crippen molar-refractivity contribution in [3.63, 3.8) is 0 Å². The quantitative estimate of drug-likeness (QED) is 0.477. The van der Waals surface area contributed by atoms with Crippen LogP contribution in [0.4, 0.5) is 11.4 Å². The summed E-state index contributed by atoms with van der Waals surface area (Å²) in [6.45, 7) is 1.43. The molecule has 0 aromatic heterocycles. The molecule has 92 valence electrons. The van der Waals surface area contributed by atoms with Gasteiger partial charge in [-0.05, 0) is 0 Å². The van der Waals surface area contributed by atoms with E-state index in [9.17, 15) is 24.8 Å². The second kappa shape index (κ2) is 5.25. The van der Waals surface area contributed by atoms with Crippen molar-refractivity contribution >= 4 is 29.8 Å². The van der Waals surface area contributed by atoms with E-state index in [1.54, 1.807) is 0 Å². The summed E-state index contributed by atoms with van der Waals surface area (Å²) < 4.78 is 11.2. The number of halogens is 1. The SMILES string of the molecule is CC(c1cccc([N+](=O)[O-])c1[N+](=O)[O-])[PH](=O)Cl. The number of rotatable bonds is 4. The molecule has 0 saturated heterocycles. The molecule has 0 spiro atoms. The Hall–Kier alpha value is -1.46. The maximum absolute atomic E-state index is 11.2. The van der Waals surface area contributed by atoms with Gasteiger partial charge in [0, 0.05) is 11.6 Å². The van der Waals surface area contributed by atoms with Crippen LogP contribution in [0, 0.1) is 20.2 Å². The van der Waals surface area contributed by atoms with E-state index >= 15 is 0 Å². The van der Waals surface area contributed by atoms with Gasteiger partial charge in [0.1, 0.15) is 0 Å². The molecule has 0 aliphatic carbocycles. The molecule has 0 aliphatic rings.